The van der Waals surface area contributed by atoms with E-state index in [9.17, 15) is 4.79 Å². The number of cyclic esters (lactones) is 1. The largest absolute Gasteiger partial charge is 0.443 e. The Balaban J connectivity index is 1.09. The van der Waals surface area contributed by atoms with E-state index >= 15 is 0 Å². The van der Waals surface area contributed by atoms with Gasteiger partial charge in [0, 0.05) is 68.1 Å². The number of amides is 1. The van der Waals surface area contributed by atoms with Gasteiger partial charge in [-0.3, -0.25) is 9.88 Å². The number of hydrogen-bond acceptors (Lipinski definition) is 6. The minimum atomic E-state index is -0.243. The van der Waals surface area contributed by atoms with E-state index in [1.807, 2.05) is 42.5 Å². The first-order valence-electron chi connectivity index (χ1n) is 11.5. The SMILES string of the molecule is O=C1OC(CN2CCN(c3ccccc3Cl)CC2)CN1CCNc1ccnc2cc(Cl)ccc12. The van der Waals surface area contributed by atoms with Crippen LogP contribution in [0.2, 0.25) is 10.0 Å². The van der Waals surface area contributed by atoms with Gasteiger partial charge in [0.15, 0.2) is 0 Å². The third-order valence-corrected chi connectivity index (χ3v) is 6.93. The fourth-order valence-electron chi connectivity index (χ4n) is 4.62. The van der Waals surface area contributed by atoms with E-state index in [1.165, 1.54) is 0 Å². The topological polar surface area (TPSA) is 60.9 Å². The van der Waals surface area contributed by atoms with Crippen LogP contribution >= 0.6 is 23.2 Å². The van der Waals surface area contributed by atoms with Gasteiger partial charge in [-0.05, 0) is 36.4 Å². The first-order chi connectivity index (χ1) is 16.6. The van der Waals surface area contributed by atoms with E-state index in [0.717, 1.165) is 60.0 Å². The molecule has 5 rings (SSSR count). The lowest BCUT2D eigenvalue weighted by Crippen LogP contribution is -2.49. The number of hydrogen-bond donors (Lipinski definition) is 1. The van der Waals surface area contributed by atoms with Crippen molar-refractivity contribution in [3.05, 3.63) is 64.8 Å². The summed E-state index contributed by atoms with van der Waals surface area (Å²) in [6, 6.07) is 15.5. The van der Waals surface area contributed by atoms with Crippen molar-refractivity contribution >= 4 is 51.6 Å². The van der Waals surface area contributed by atoms with Crippen molar-refractivity contribution in [2.24, 2.45) is 0 Å². The Hall–Kier alpha value is -2.74. The van der Waals surface area contributed by atoms with Crippen LogP contribution in [0.1, 0.15) is 0 Å². The number of fused-ring (bicyclic) bond motifs is 1. The van der Waals surface area contributed by atoms with Gasteiger partial charge >= 0.3 is 6.09 Å². The Morgan fingerprint density at radius 1 is 1.06 bits per heavy atom. The Labute approximate surface area is 209 Å². The molecule has 7 nitrogen and oxygen atoms in total. The smallest absolute Gasteiger partial charge is 0.410 e. The van der Waals surface area contributed by atoms with Crippen LogP contribution in [0.3, 0.4) is 0 Å². The van der Waals surface area contributed by atoms with E-state index in [2.05, 4.69) is 26.2 Å². The number of carbonyl (C=O) groups is 1. The van der Waals surface area contributed by atoms with Crippen molar-refractivity contribution in [3.8, 4) is 0 Å². The van der Waals surface area contributed by atoms with Crippen molar-refractivity contribution in [2.45, 2.75) is 6.10 Å². The van der Waals surface area contributed by atoms with Crippen LogP contribution < -0.4 is 10.2 Å². The second-order valence-electron chi connectivity index (χ2n) is 8.64. The molecule has 1 amide bonds. The fourth-order valence-corrected chi connectivity index (χ4v) is 5.04. The van der Waals surface area contributed by atoms with E-state index in [0.29, 0.717) is 24.7 Å². The summed E-state index contributed by atoms with van der Waals surface area (Å²) in [5.74, 6) is 0. The minimum absolute atomic E-state index is 0.108. The van der Waals surface area contributed by atoms with Gasteiger partial charge in [0.2, 0.25) is 0 Å². The molecule has 0 radical (unpaired) electrons. The monoisotopic (exact) mass is 499 g/mol. The molecule has 3 aromatic rings. The van der Waals surface area contributed by atoms with Crippen LogP contribution in [0.25, 0.3) is 10.9 Å². The highest BCUT2D eigenvalue weighted by molar-refractivity contribution is 6.33. The van der Waals surface area contributed by atoms with Crippen molar-refractivity contribution in [1.29, 1.82) is 0 Å². The summed E-state index contributed by atoms with van der Waals surface area (Å²) in [6.45, 7) is 6.21. The number of anilines is 2. The summed E-state index contributed by atoms with van der Waals surface area (Å²) < 4.78 is 5.65. The zero-order valence-electron chi connectivity index (χ0n) is 18.8. The lowest BCUT2D eigenvalue weighted by molar-refractivity contribution is 0.104. The molecule has 3 heterocycles. The predicted octanol–water partition coefficient (Wildman–Crippen LogP) is 4.60. The van der Waals surface area contributed by atoms with Crippen molar-refractivity contribution in [2.75, 3.05) is 62.6 Å². The van der Waals surface area contributed by atoms with Crippen LogP contribution in [-0.2, 0) is 4.74 Å². The van der Waals surface area contributed by atoms with E-state index in [4.69, 9.17) is 27.9 Å². The standard InChI is InChI=1S/C25H27Cl2N5O2/c26-18-5-6-20-22(7-8-28-23(20)15-18)29-9-10-32-17-19(34-25(32)33)16-30-11-13-31(14-12-30)24-4-2-1-3-21(24)27/h1-8,15,19H,9-14,16-17H2,(H,28,29). The van der Waals surface area contributed by atoms with Crippen molar-refractivity contribution < 1.29 is 9.53 Å². The molecule has 0 bridgehead atoms. The summed E-state index contributed by atoms with van der Waals surface area (Å²) in [5.41, 5.74) is 2.90. The summed E-state index contributed by atoms with van der Waals surface area (Å²) >= 11 is 12.4. The number of piperazine rings is 1. The molecule has 0 saturated carbocycles. The zero-order chi connectivity index (χ0) is 23.5. The molecular formula is C25H27Cl2N5O2. The third-order valence-electron chi connectivity index (χ3n) is 6.38. The maximum absolute atomic E-state index is 12.4. The number of halogens is 2. The first kappa shape index (κ1) is 23.0. The average molecular weight is 500 g/mol. The molecule has 178 valence electrons. The van der Waals surface area contributed by atoms with Gasteiger partial charge in [-0.25, -0.2) is 4.79 Å². The fraction of sp³-hybridized carbons (Fsp3) is 0.360. The Morgan fingerprint density at radius 2 is 1.88 bits per heavy atom. The van der Waals surface area contributed by atoms with Gasteiger partial charge in [0.1, 0.15) is 6.10 Å². The normalized spacial score (nSPS) is 19.0. The quantitative estimate of drug-likeness (QED) is 0.512. The molecule has 2 aliphatic rings. The molecule has 2 saturated heterocycles. The number of para-hydroxylation sites is 1. The zero-order valence-corrected chi connectivity index (χ0v) is 20.3. The highest BCUT2D eigenvalue weighted by Crippen LogP contribution is 2.27. The van der Waals surface area contributed by atoms with Gasteiger partial charge < -0.3 is 19.9 Å². The summed E-state index contributed by atoms with van der Waals surface area (Å²) in [5, 5.41) is 5.87. The highest BCUT2D eigenvalue weighted by Gasteiger charge is 2.33. The first-order valence-corrected chi connectivity index (χ1v) is 12.3. The molecule has 0 spiro atoms. The minimum Gasteiger partial charge on any atom is -0.443 e. The van der Waals surface area contributed by atoms with Gasteiger partial charge in [-0.1, -0.05) is 35.3 Å². The number of nitrogens with one attached hydrogen (secondary N) is 1. The number of carbonyl (C=O) groups excluding carboxylic acids is 1. The number of benzene rings is 2. The molecule has 1 N–H and O–H groups in total. The maximum atomic E-state index is 12.4. The summed E-state index contributed by atoms with van der Waals surface area (Å²) in [7, 11) is 0. The number of rotatable bonds is 7. The van der Waals surface area contributed by atoms with Crippen LogP contribution in [0.5, 0.6) is 0 Å². The molecule has 2 aromatic carbocycles. The predicted molar refractivity (Wildman–Crippen MR) is 137 cm³/mol. The Kier molecular flexibility index (Phi) is 6.94. The van der Waals surface area contributed by atoms with Gasteiger partial charge in [-0.2, -0.15) is 0 Å². The lowest BCUT2D eigenvalue weighted by atomic mass is 10.2. The molecule has 1 atom stereocenters. The van der Waals surface area contributed by atoms with Gasteiger partial charge in [0.05, 0.1) is 22.8 Å². The number of aromatic nitrogens is 1. The highest BCUT2D eigenvalue weighted by atomic mass is 35.5. The van der Waals surface area contributed by atoms with Gasteiger partial charge in [-0.15, -0.1) is 0 Å². The molecule has 1 unspecified atom stereocenters. The van der Waals surface area contributed by atoms with E-state index in [-0.39, 0.29) is 12.2 Å². The van der Waals surface area contributed by atoms with E-state index in [1.54, 1.807) is 11.1 Å². The molecule has 2 aliphatic heterocycles. The van der Waals surface area contributed by atoms with E-state index < -0.39 is 0 Å². The van der Waals surface area contributed by atoms with Crippen molar-refractivity contribution in [3.63, 3.8) is 0 Å². The van der Waals surface area contributed by atoms with Gasteiger partial charge in [0.25, 0.3) is 0 Å². The maximum Gasteiger partial charge on any atom is 0.410 e. The molecule has 34 heavy (non-hydrogen) atoms. The second kappa shape index (κ2) is 10.3. The lowest BCUT2D eigenvalue weighted by Gasteiger charge is -2.37. The Bertz CT molecular complexity index is 1170. The van der Waals surface area contributed by atoms with Crippen LogP contribution in [0.4, 0.5) is 16.2 Å². The molecule has 0 aliphatic carbocycles. The molecule has 2 fully saturated rings. The Morgan fingerprint density at radius 3 is 2.71 bits per heavy atom. The van der Waals surface area contributed by atoms with Crippen LogP contribution in [0, 0.1) is 0 Å². The number of ether oxygens (including phenoxy) is 1. The van der Waals surface area contributed by atoms with Crippen molar-refractivity contribution in [1.82, 2.24) is 14.8 Å². The van der Waals surface area contributed by atoms with Crippen LogP contribution in [-0.4, -0.2) is 79.3 Å². The molecule has 1 aromatic heterocycles. The molecular weight excluding hydrogens is 473 g/mol. The number of pyridine rings is 1. The summed E-state index contributed by atoms with van der Waals surface area (Å²) in [6.07, 6.45) is 1.41. The molecule has 9 heteroatoms. The second-order valence-corrected chi connectivity index (χ2v) is 9.48. The summed E-state index contributed by atoms with van der Waals surface area (Å²) in [4.78, 5) is 23.2. The van der Waals surface area contributed by atoms with Crippen LogP contribution in [0.15, 0.2) is 54.7 Å². The average Bonchev–Trinajstić information content (AvgIpc) is 3.18. The number of nitrogens with zero attached hydrogens (tertiary/aromatic N) is 4. The third kappa shape index (κ3) is 5.17.